The Labute approximate surface area is 123 Å². The Morgan fingerprint density at radius 3 is 2.30 bits per heavy atom. The highest BCUT2D eigenvalue weighted by molar-refractivity contribution is 5.44. The van der Waals surface area contributed by atoms with Crippen LogP contribution in [0.2, 0.25) is 0 Å². The fourth-order valence-corrected chi connectivity index (χ4v) is 2.36. The van der Waals surface area contributed by atoms with Gasteiger partial charge in [-0.05, 0) is 45.0 Å². The van der Waals surface area contributed by atoms with E-state index in [1.807, 2.05) is 27.0 Å². The van der Waals surface area contributed by atoms with Crippen molar-refractivity contribution in [2.75, 3.05) is 20.3 Å². The first-order valence-electron chi connectivity index (χ1n) is 7.83. The van der Waals surface area contributed by atoms with E-state index in [1.165, 1.54) is 24.8 Å². The Bertz CT molecular complexity index is 379. The topological polar surface area (TPSA) is 30.5 Å². The summed E-state index contributed by atoms with van der Waals surface area (Å²) in [6.07, 6.45) is 4.94. The molecule has 1 aromatic carbocycles. The minimum atomic E-state index is 0.386. The van der Waals surface area contributed by atoms with Gasteiger partial charge in [-0.2, -0.15) is 0 Å². The number of hydrogen-bond acceptors (Lipinski definition) is 3. The zero-order chi connectivity index (χ0) is 14.8. The highest BCUT2D eigenvalue weighted by atomic mass is 16.5. The van der Waals surface area contributed by atoms with Crippen LogP contribution in [0.4, 0.5) is 0 Å². The summed E-state index contributed by atoms with van der Waals surface area (Å²) in [5.74, 6) is 1.68. The summed E-state index contributed by atoms with van der Waals surface area (Å²) < 4.78 is 11.3. The lowest BCUT2D eigenvalue weighted by Crippen LogP contribution is -2.16. The molecule has 0 bridgehead atoms. The van der Waals surface area contributed by atoms with Crippen LogP contribution in [-0.4, -0.2) is 20.3 Å². The van der Waals surface area contributed by atoms with Crippen LogP contribution in [0.15, 0.2) is 18.2 Å². The van der Waals surface area contributed by atoms with Gasteiger partial charge in [0.05, 0.1) is 13.2 Å². The minimum Gasteiger partial charge on any atom is -0.490 e. The summed E-state index contributed by atoms with van der Waals surface area (Å²) in [7, 11) is 2.02. The van der Waals surface area contributed by atoms with Gasteiger partial charge in [0, 0.05) is 6.04 Å². The fourth-order valence-electron chi connectivity index (χ4n) is 2.36. The number of hydrogen-bond donors (Lipinski definition) is 1. The van der Waals surface area contributed by atoms with Crippen molar-refractivity contribution < 1.29 is 9.47 Å². The van der Waals surface area contributed by atoms with E-state index < -0.39 is 0 Å². The Kier molecular flexibility index (Phi) is 8.12. The summed E-state index contributed by atoms with van der Waals surface area (Å²) in [5.41, 5.74) is 1.27. The molecule has 3 nitrogen and oxygen atoms in total. The van der Waals surface area contributed by atoms with Crippen LogP contribution in [0.5, 0.6) is 11.5 Å². The van der Waals surface area contributed by atoms with E-state index in [0.29, 0.717) is 19.3 Å². The van der Waals surface area contributed by atoms with Gasteiger partial charge in [-0.1, -0.05) is 32.3 Å². The van der Waals surface area contributed by atoms with E-state index in [2.05, 4.69) is 24.4 Å². The fraction of sp³-hybridized carbons (Fsp3) is 0.647. The molecule has 1 rings (SSSR count). The van der Waals surface area contributed by atoms with Gasteiger partial charge in [-0.15, -0.1) is 0 Å². The van der Waals surface area contributed by atoms with Gasteiger partial charge >= 0.3 is 0 Å². The van der Waals surface area contributed by atoms with Crippen molar-refractivity contribution in [3.63, 3.8) is 0 Å². The third-order valence-corrected chi connectivity index (χ3v) is 3.41. The first-order valence-corrected chi connectivity index (χ1v) is 7.83. The maximum absolute atomic E-state index is 5.70. The van der Waals surface area contributed by atoms with Crippen molar-refractivity contribution in [3.8, 4) is 11.5 Å². The second-order valence-electron chi connectivity index (χ2n) is 4.91. The summed E-state index contributed by atoms with van der Waals surface area (Å²) >= 11 is 0. The van der Waals surface area contributed by atoms with Gasteiger partial charge in [-0.3, -0.25) is 0 Å². The minimum absolute atomic E-state index is 0.386. The Morgan fingerprint density at radius 2 is 1.70 bits per heavy atom. The molecule has 1 aromatic rings. The average Bonchev–Trinajstić information content (AvgIpc) is 2.46. The van der Waals surface area contributed by atoms with Crippen LogP contribution in [0.3, 0.4) is 0 Å². The maximum Gasteiger partial charge on any atom is 0.161 e. The second-order valence-corrected chi connectivity index (χ2v) is 4.91. The van der Waals surface area contributed by atoms with E-state index in [9.17, 15) is 0 Å². The van der Waals surface area contributed by atoms with Crippen LogP contribution in [0.1, 0.15) is 58.1 Å². The largest absolute Gasteiger partial charge is 0.490 e. The molecule has 1 N–H and O–H groups in total. The quantitative estimate of drug-likeness (QED) is 0.647. The Balaban J connectivity index is 2.84. The molecule has 0 aromatic heterocycles. The van der Waals surface area contributed by atoms with Crippen molar-refractivity contribution in [2.45, 2.75) is 52.5 Å². The van der Waals surface area contributed by atoms with Crippen molar-refractivity contribution in [1.29, 1.82) is 0 Å². The smallest absolute Gasteiger partial charge is 0.161 e. The first-order chi connectivity index (χ1) is 9.76. The highest BCUT2D eigenvalue weighted by Crippen LogP contribution is 2.32. The summed E-state index contributed by atoms with van der Waals surface area (Å²) in [6, 6.07) is 6.66. The summed E-state index contributed by atoms with van der Waals surface area (Å²) in [4.78, 5) is 0. The van der Waals surface area contributed by atoms with E-state index in [0.717, 1.165) is 17.9 Å². The van der Waals surface area contributed by atoms with E-state index in [4.69, 9.17) is 9.47 Å². The molecule has 0 spiro atoms. The molecule has 0 aliphatic carbocycles. The number of nitrogens with one attached hydrogen (secondary N) is 1. The van der Waals surface area contributed by atoms with Crippen LogP contribution in [0, 0.1) is 0 Å². The Hall–Kier alpha value is -1.22. The highest BCUT2D eigenvalue weighted by Gasteiger charge is 2.13. The van der Waals surface area contributed by atoms with Crippen molar-refractivity contribution >= 4 is 0 Å². The summed E-state index contributed by atoms with van der Waals surface area (Å²) in [6.45, 7) is 7.54. The van der Waals surface area contributed by atoms with E-state index in [-0.39, 0.29) is 0 Å². The molecule has 0 radical (unpaired) electrons. The molecule has 0 amide bonds. The summed E-state index contributed by atoms with van der Waals surface area (Å²) in [5, 5.41) is 3.40. The van der Waals surface area contributed by atoms with Crippen LogP contribution in [-0.2, 0) is 0 Å². The van der Waals surface area contributed by atoms with Crippen LogP contribution in [0.25, 0.3) is 0 Å². The van der Waals surface area contributed by atoms with Gasteiger partial charge < -0.3 is 14.8 Å². The average molecular weight is 279 g/mol. The molecular formula is C17H29NO2. The lowest BCUT2D eigenvalue weighted by atomic mass is 10.00. The molecule has 0 aliphatic heterocycles. The molecule has 3 heteroatoms. The van der Waals surface area contributed by atoms with E-state index >= 15 is 0 Å². The number of benzene rings is 1. The molecule has 1 unspecified atom stereocenters. The van der Waals surface area contributed by atoms with Crippen LogP contribution >= 0.6 is 0 Å². The molecule has 0 heterocycles. The standard InChI is InChI=1S/C17H29NO2/c1-5-8-9-10-15(18-4)14-11-12-16(19-6-2)17(13-14)20-7-3/h11-13,15,18H,5-10H2,1-4H3. The second kappa shape index (κ2) is 9.65. The molecule has 0 saturated carbocycles. The Morgan fingerprint density at radius 1 is 1.00 bits per heavy atom. The molecule has 0 saturated heterocycles. The van der Waals surface area contributed by atoms with Gasteiger partial charge in [0.2, 0.25) is 0 Å². The molecule has 0 aliphatic rings. The molecular weight excluding hydrogens is 250 g/mol. The SMILES string of the molecule is CCCCCC(NC)c1ccc(OCC)c(OCC)c1. The molecule has 20 heavy (non-hydrogen) atoms. The first kappa shape index (κ1) is 16.8. The predicted molar refractivity (Wildman–Crippen MR) is 84.7 cm³/mol. The van der Waals surface area contributed by atoms with Crippen LogP contribution < -0.4 is 14.8 Å². The molecule has 114 valence electrons. The van der Waals surface area contributed by atoms with E-state index in [1.54, 1.807) is 0 Å². The zero-order valence-electron chi connectivity index (χ0n) is 13.4. The maximum atomic E-state index is 5.70. The number of rotatable bonds is 10. The third kappa shape index (κ3) is 5.04. The third-order valence-electron chi connectivity index (χ3n) is 3.41. The van der Waals surface area contributed by atoms with Gasteiger partial charge in [0.15, 0.2) is 11.5 Å². The molecule has 0 fully saturated rings. The number of ether oxygens (including phenoxy) is 2. The van der Waals surface area contributed by atoms with Crippen molar-refractivity contribution in [1.82, 2.24) is 5.32 Å². The molecule has 1 atom stereocenters. The predicted octanol–water partition coefficient (Wildman–Crippen LogP) is 4.32. The van der Waals surface area contributed by atoms with Crippen molar-refractivity contribution in [2.24, 2.45) is 0 Å². The lowest BCUT2D eigenvalue weighted by Gasteiger charge is -2.19. The normalized spacial score (nSPS) is 12.2. The number of unbranched alkanes of at least 4 members (excludes halogenated alkanes) is 2. The lowest BCUT2D eigenvalue weighted by molar-refractivity contribution is 0.287. The van der Waals surface area contributed by atoms with Gasteiger partial charge in [0.1, 0.15) is 0 Å². The monoisotopic (exact) mass is 279 g/mol. The van der Waals surface area contributed by atoms with Gasteiger partial charge in [0.25, 0.3) is 0 Å². The zero-order valence-corrected chi connectivity index (χ0v) is 13.4. The van der Waals surface area contributed by atoms with Gasteiger partial charge in [-0.25, -0.2) is 0 Å². The van der Waals surface area contributed by atoms with Crippen molar-refractivity contribution in [3.05, 3.63) is 23.8 Å².